The second-order valence-corrected chi connectivity index (χ2v) is 11.0. The van der Waals surface area contributed by atoms with Gasteiger partial charge in [0, 0.05) is 41.5 Å². The summed E-state index contributed by atoms with van der Waals surface area (Å²) < 4.78 is 6.75. The fraction of sp³-hybridized carbons (Fsp3) is 0.355. The van der Waals surface area contributed by atoms with Gasteiger partial charge in [-0.05, 0) is 54.5 Å². The third-order valence-corrected chi connectivity index (χ3v) is 7.77. The summed E-state index contributed by atoms with van der Waals surface area (Å²) in [6.07, 6.45) is 6.20. The molecule has 0 unspecified atom stereocenters. The van der Waals surface area contributed by atoms with Crippen molar-refractivity contribution in [3.63, 3.8) is 0 Å². The molecule has 0 saturated heterocycles. The smallest absolute Gasteiger partial charge is 0.205 e. The summed E-state index contributed by atoms with van der Waals surface area (Å²) in [4.78, 5) is 10.2. The monoisotopic (exact) mass is 482 g/mol. The summed E-state index contributed by atoms with van der Waals surface area (Å²) >= 11 is 0. The number of ether oxygens (including phenoxy) is 1. The van der Waals surface area contributed by atoms with Gasteiger partial charge in [-0.1, -0.05) is 63.2 Å². The van der Waals surface area contributed by atoms with Crippen molar-refractivity contribution in [3.8, 4) is 17.2 Å². The molecule has 1 saturated carbocycles. The SMILES string of the molecule is CC(C)(C)[C@H]1CC[C@]2(N=Cc3ccccc3O)Oc3ccccc3[C@@H](N=Cc3ccccc3O)[C@@H]2C1. The molecule has 5 nitrogen and oxygen atoms in total. The number of benzene rings is 3. The number of phenols is 2. The molecule has 1 heterocycles. The maximum atomic E-state index is 10.3. The van der Waals surface area contributed by atoms with E-state index < -0.39 is 5.72 Å². The number of nitrogens with zero attached hydrogens (tertiary/aromatic N) is 2. The lowest BCUT2D eigenvalue weighted by Crippen LogP contribution is -2.52. The van der Waals surface area contributed by atoms with Crippen LogP contribution in [0, 0.1) is 17.3 Å². The Bertz CT molecular complexity index is 1290. The number of hydrogen-bond acceptors (Lipinski definition) is 5. The summed E-state index contributed by atoms with van der Waals surface area (Å²) in [5.41, 5.74) is 1.75. The van der Waals surface area contributed by atoms with E-state index in [1.807, 2.05) is 48.5 Å². The van der Waals surface area contributed by atoms with Gasteiger partial charge < -0.3 is 14.9 Å². The van der Waals surface area contributed by atoms with Crippen LogP contribution < -0.4 is 4.74 Å². The van der Waals surface area contributed by atoms with Crippen molar-refractivity contribution in [1.82, 2.24) is 0 Å². The molecular formula is C31H34N2O3. The predicted octanol–water partition coefficient (Wildman–Crippen LogP) is 6.93. The van der Waals surface area contributed by atoms with Crippen LogP contribution in [0.4, 0.5) is 0 Å². The highest BCUT2D eigenvalue weighted by Gasteiger charge is 2.54. The Hall–Kier alpha value is -3.60. The van der Waals surface area contributed by atoms with Gasteiger partial charge in [0.1, 0.15) is 17.2 Å². The molecule has 0 radical (unpaired) electrons. The molecule has 0 aromatic heterocycles. The summed E-state index contributed by atoms with van der Waals surface area (Å²) in [5, 5.41) is 20.7. The fourth-order valence-electron chi connectivity index (χ4n) is 5.59. The van der Waals surface area contributed by atoms with E-state index in [0.717, 1.165) is 30.6 Å². The van der Waals surface area contributed by atoms with Crippen LogP contribution in [-0.2, 0) is 0 Å². The van der Waals surface area contributed by atoms with Crippen LogP contribution in [0.15, 0.2) is 82.8 Å². The predicted molar refractivity (Wildman–Crippen MR) is 144 cm³/mol. The lowest BCUT2D eigenvalue weighted by Gasteiger charge is -2.51. The highest BCUT2D eigenvalue weighted by Crippen LogP contribution is 2.56. The quantitative estimate of drug-likeness (QED) is 0.396. The molecule has 2 N–H and O–H groups in total. The molecule has 1 fully saturated rings. The second-order valence-electron chi connectivity index (χ2n) is 11.0. The van der Waals surface area contributed by atoms with Gasteiger partial charge in [0.25, 0.3) is 0 Å². The standard InChI is InChI=1S/C31H34N2O3/c1-30(2,3)23-16-17-31(33-20-22-11-5-8-14-27(22)35)25(18-23)29(24-12-6-9-15-28(24)36-31)32-19-21-10-4-7-13-26(21)34/h4-15,19-20,23,25,29,34-35H,16-18H2,1-3H3/t23-,25-,29+,31-/m0/s1. The molecule has 3 aromatic carbocycles. The van der Waals surface area contributed by atoms with Crippen LogP contribution in [0.5, 0.6) is 17.2 Å². The Morgan fingerprint density at radius 2 is 1.47 bits per heavy atom. The molecular weight excluding hydrogens is 448 g/mol. The first-order valence-electron chi connectivity index (χ1n) is 12.7. The first-order chi connectivity index (χ1) is 17.3. The normalized spacial score (nSPS) is 25.9. The number of rotatable bonds is 4. The lowest BCUT2D eigenvalue weighted by molar-refractivity contribution is -0.0717. The fourth-order valence-corrected chi connectivity index (χ4v) is 5.59. The average Bonchev–Trinajstić information content (AvgIpc) is 2.86. The largest absolute Gasteiger partial charge is 0.507 e. The van der Waals surface area contributed by atoms with Crippen molar-refractivity contribution in [2.75, 3.05) is 0 Å². The molecule has 0 bridgehead atoms. The minimum atomic E-state index is -0.793. The topological polar surface area (TPSA) is 74.4 Å². The Labute approximate surface area is 213 Å². The summed E-state index contributed by atoms with van der Waals surface area (Å²) in [7, 11) is 0. The molecule has 36 heavy (non-hydrogen) atoms. The number of phenolic OH excluding ortho intramolecular Hbond substituents is 2. The van der Waals surface area contributed by atoms with Gasteiger partial charge in [-0.3, -0.25) is 4.99 Å². The van der Waals surface area contributed by atoms with E-state index in [1.165, 1.54) is 0 Å². The maximum absolute atomic E-state index is 10.3. The molecule has 0 amide bonds. The number of aliphatic imine (C=N–C) groups is 2. The third-order valence-electron chi connectivity index (χ3n) is 7.77. The zero-order valence-electron chi connectivity index (χ0n) is 21.1. The number of para-hydroxylation sites is 3. The second kappa shape index (κ2) is 9.45. The van der Waals surface area contributed by atoms with Crippen molar-refractivity contribution in [2.45, 2.75) is 51.8 Å². The Kier molecular flexibility index (Phi) is 6.33. The van der Waals surface area contributed by atoms with Crippen molar-refractivity contribution in [2.24, 2.45) is 27.2 Å². The summed E-state index contributed by atoms with van der Waals surface area (Å²) in [5.74, 6) is 1.68. The van der Waals surface area contributed by atoms with Crippen molar-refractivity contribution in [1.29, 1.82) is 0 Å². The molecule has 5 heteroatoms. The first kappa shape index (κ1) is 24.1. The van der Waals surface area contributed by atoms with Crippen molar-refractivity contribution < 1.29 is 14.9 Å². The molecule has 186 valence electrons. The third kappa shape index (κ3) is 4.62. The number of fused-ring (bicyclic) bond motifs is 2. The maximum Gasteiger partial charge on any atom is 0.205 e. The van der Waals surface area contributed by atoms with Crippen molar-refractivity contribution >= 4 is 12.4 Å². The molecule has 1 aliphatic carbocycles. The van der Waals surface area contributed by atoms with Crippen LogP contribution in [-0.4, -0.2) is 28.4 Å². The molecule has 2 aliphatic rings. The molecule has 1 aliphatic heterocycles. The summed E-state index contributed by atoms with van der Waals surface area (Å²) in [6, 6.07) is 22.4. The first-order valence-corrected chi connectivity index (χ1v) is 12.7. The zero-order valence-corrected chi connectivity index (χ0v) is 21.1. The zero-order chi connectivity index (χ0) is 25.3. The molecule has 0 spiro atoms. The Balaban J connectivity index is 1.62. The number of hydrogen-bond donors (Lipinski definition) is 2. The van der Waals surface area contributed by atoms with Crippen LogP contribution in [0.2, 0.25) is 0 Å². The summed E-state index contributed by atoms with van der Waals surface area (Å²) in [6.45, 7) is 6.90. The Morgan fingerprint density at radius 3 is 2.14 bits per heavy atom. The van der Waals surface area contributed by atoms with Gasteiger partial charge in [-0.2, -0.15) is 0 Å². The van der Waals surface area contributed by atoms with E-state index in [1.54, 1.807) is 30.6 Å². The van der Waals surface area contributed by atoms with Gasteiger partial charge in [-0.15, -0.1) is 0 Å². The van der Waals surface area contributed by atoms with E-state index in [-0.39, 0.29) is 28.9 Å². The minimum absolute atomic E-state index is 0.00501. The van der Waals surface area contributed by atoms with Crippen LogP contribution in [0.3, 0.4) is 0 Å². The van der Waals surface area contributed by atoms with E-state index in [9.17, 15) is 10.2 Å². The van der Waals surface area contributed by atoms with Crippen LogP contribution >= 0.6 is 0 Å². The van der Waals surface area contributed by atoms with E-state index in [2.05, 4.69) is 26.8 Å². The van der Waals surface area contributed by atoms with E-state index in [4.69, 9.17) is 14.7 Å². The minimum Gasteiger partial charge on any atom is -0.507 e. The van der Waals surface area contributed by atoms with Gasteiger partial charge in [0.2, 0.25) is 5.72 Å². The molecule has 4 atom stereocenters. The number of aromatic hydroxyl groups is 2. The van der Waals surface area contributed by atoms with Gasteiger partial charge in [0.05, 0.1) is 6.04 Å². The van der Waals surface area contributed by atoms with Gasteiger partial charge in [0.15, 0.2) is 0 Å². The van der Waals surface area contributed by atoms with E-state index >= 15 is 0 Å². The molecule has 3 aromatic rings. The Morgan fingerprint density at radius 1 is 0.861 bits per heavy atom. The van der Waals surface area contributed by atoms with E-state index in [0.29, 0.717) is 17.0 Å². The van der Waals surface area contributed by atoms with Gasteiger partial charge in [-0.25, -0.2) is 4.99 Å². The van der Waals surface area contributed by atoms with Crippen molar-refractivity contribution in [3.05, 3.63) is 89.5 Å². The average molecular weight is 483 g/mol. The molecule has 5 rings (SSSR count). The van der Waals surface area contributed by atoms with Gasteiger partial charge >= 0.3 is 0 Å². The lowest BCUT2D eigenvalue weighted by atomic mass is 9.63. The van der Waals surface area contributed by atoms with Crippen LogP contribution in [0.25, 0.3) is 0 Å². The van der Waals surface area contributed by atoms with Crippen LogP contribution in [0.1, 0.15) is 62.8 Å². The highest BCUT2D eigenvalue weighted by molar-refractivity contribution is 5.84. The highest BCUT2D eigenvalue weighted by atomic mass is 16.5.